The van der Waals surface area contributed by atoms with Gasteiger partial charge in [0.15, 0.2) is 0 Å². The molecule has 128 valence electrons. The summed E-state index contributed by atoms with van der Waals surface area (Å²) < 4.78 is 17.9. The Kier molecular flexibility index (Phi) is 4.92. The van der Waals surface area contributed by atoms with Crippen LogP contribution in [0.2, 0.25) is 0 Å². The molecule has 0 radical (unpaired) electrons. The van der Waals surface area contributed by atoms with Crippen molar-refractivity contribution in [2.45, 2.75) is 38.7 Å². The minimum absolute atomic E-state index is 0.0158. The molecule has 2 aliphatic rings. The summed E-state index contributed by atoms with van der Waals surface area (Å²) in [7, 11) is 0. The van der Waals surface area contributed by atoms with E-state index >= 15 is 0 Å². The Morgan fingerprint density at radius 1 is 1.08 bits per heavy atom. The molecule has 2 unspecified atom stereocenters. The molecule has 1 heterocycles. The molecule has 5 nitrogen and oxygen atoms in total. The van der Waals surface area contributed by atoms with Crippen LogP contribution >= 0.6 is 0 Å². The average molecular weight is 333 g/mol. The summed E-state index contributed by atoms with van der Waals surface area (Å²) in [4.78, 5) is 37.6. The zero-order valence-corrected chi connectivity index (χ0v) is 13.4. The van der Waals surface area contributed by atoms with Crippen LogP contribution in [-0.2, 0) is 25.7 Å². The highest BCUT2D eigenvalue weighted by molar-refractivity contribution is 6.05. The summed E-state index contributed by atoms with van der Waals surface area (Å²) >= 11 is 0. The van der Waals surface area contributed by atoms with Gasteiger partial charge in [0.2, 0.25) is 11.8 Å². The van der Waals surface area contributed by atoms with Gasteiger partial charge < -0.3 is 4.74 Å². The van der Waals surface area contributed by atoms with Crippen LogP contribution < -0.4 is 0 Å². The molecular weight excluding hydrogens is 313 g/mol. The number of halogens is 1. The fraction of sp³-hybridized carbons (Fsp3) is 0.500. The smallest absolute Gasteiger partial charge is 0.307 e. The second-order valence-corrected chi connectivity index (χ2v) is 6.36. The Labute approximate surface area is 139 Å². The lowest BCUT2D eigenvalue weighted by atomic mass is 9.81. The van der Waals surface area contributed by atoms with Crippen molar-refractivity contribution < 1.29 is 23.5 Å². The van der Waals surface area contributed by atoms with Crippen LogP contribution in [-0.4, -0.2) is 29.2 Å². The Bertz CT molecular complexity index is 619. The first-order chi connectivity index (χ1) is 11.6. The van der Waals surface area contributed by atoms with Crippen molar-refractivity contribution >= 4 is 17.8 Å². The summed E-state index contributed by atoms with van der Waals surface area (Å²) in [6, 6.07) is 5.68. The molecule has 1 aromatic rings. The minimum atomic E-state index is -0.477. The number of likely N-dealkylation sites (tertiary alicyclic amines) is 1. The number of imide groups is 1. The summed E-state index contributed by atoms with van der Waals surface area (Å²) in [6.07, 6.45) is 3.47. The number of rotatable bonds is 5. The summed E-state index contributed by atoms with van der Waals surface area (Å²) in [5.41, 5.74) is 0.684. The van der Waals surface area contributed by atoms with Crippen LogP contribution in [0.5, 0.6) is 0 Å². The van der Waals surface area contributed by atoms with Crippen molar-refractivity contribution in [2.75, 3.05) is 6.54 Å². The molecule has 2 fully saturated rings. The van der Waals surface area contributed by atoms with E-state index in [9.17, 15) is 18.8 Å². The van der Waals surface area contributed by atoms with Crippen LogP contribution in [0.15, 0.2) is 24.3 Å². The number of ether oxygens (including phenoxy) is 1. The molecule has 0 bridgehead atoms. The predicted octanol–water partition coefficient (Wildman–Crippen LogP) is 2.43. The highest BCUT2D eigenvalue weighted by Crippen LogP contribution is 2.37. The first-order valence-corrected chi connectivity index (χ1v) is 8.31. The standard InChI is InChI=1S/C18H20FNO4/c19-13-7-5-12(6-8-13)11-24-16(21)9-10-20-17(22)14-3-1-2-4-15(14)18(20)23/h5-8,14-15H,1-4,9-11H2. The SMILES string of the molecule is O=C(CCN1C(=O)C2CCCCC2C1=O)OCc1ccc(F)cc1. The lowest BCUT2D eigenvalue weighted by Gasteiger charge is -2.19. The predicted molar refractivity (Wildman–Crippen MR) is 83.0 cm³/mol. The number of carbonyl (C=O) groups is 3. The molecule has 1 saturated heterocycles. The van der Waals surface area contributed by atoms with E-state index < -0.39 is 5.97 Å². The first kappa shape index (κ1) is 16.6. The Balaban J connectivity index is 1.48. The van der Waals surface area contributed by atoms with Gasteiger partial charge in [0.1, 0.15) is 12.4 Å². The molecule has 1 saturated carbocycles. The summed E-state index contributed by atoms with van der Waals surface area (Å²) in [5, 5.41) is 0. The van der Waals surface area contributed by atoms with Gasteiger partial charge in [-0.05, 0) is 30.5 Å². The molecule has 2 amide bonds. The fourth-order valence-corrected chi connectivity index (χ4v) is 3.47. The second kappa shape index (κ2) is 7.11. The Hall–Kier alpha value is -2.24. The number of amides is 2. The second-order valence-electron chi connectivity index (χ2n) is 6.36. The molecule has 1 aliphatic heterocycles. The van der Waals surface area contributed by atoms with Crippen LogP contribution in [0.1, 0.15) is 37.7 Å². The van der Waals surface area contributed by atoms with Gasteiger partial charge in [-0.2, -0.15) is 0 Å². The van der Waals surface area contributed by atoms with Crippen molar-refractivity contribution in [3.63, 3.8) is 0 Å². The van der Waals surface area contributed by atoms with E-state index in [1.54, 1.807) is 12.1 Å². The molecule has 24 heavy (non-hydrogen) atoms. The summed E-state index contributed by atoms with van der Waals surface area (Å²) in [6.45, 7) is 0.124. The monoisotopic (exact) mass is 333 g/mol. The molecule has 3 rings (SSSR count). The third kappa shape index (κ3) is 3.47. The number of esters is 1. The van der Waals surface area contributed by atoms with Crippen LogP contribution in [0, 0.1) is 17.7 Å². The van der Waals surface area contributed by atoms with E-state index in [4.69, 9.17) is 4.74 Å². The molecule has 2 atom stereocenters. The molecular formula is C18H20FNO4. The van der Waals surface area contributed by atoms with Crippen molar-refractivity contribution in [3.05, 3.63) is 35.6 Å². The molecule has 1 aromatic carbocycles. The molecule has 6 heteroatoms. The average Bonchev–Trinajstić information content (AvgIpc) is 2.84. The van der Waals surface area contributed by atoms with E-state index in [0.717, 1.165) is 25.7 Å². The maximum absolute atomic E-state index is 12.8. The third-order valence-corrected chi connectivity index (χ3v) is 4.79. The van der Waals surface area contributed by atoms with Gasteiger partial charge in [0, 0.05) is 6.54 Å². The molecule has 1 aliphatic carbocycles. The van der Waals surface area contributed by atoms with Gasteiger partial charge in [-0.1, -0.05) is 25.0 Å². The topological polar surface area (TPSA) is 63.7 Å². The lowest BCUT2D eigenvalue weighted by Crippen LogP contribution is -2.33. The third-order valence-electron chi connectivity index (χ3n) is 4.79. The minimum Gasteiger partial charge on any atom is -0.461 e. The number of benzene rings is 1. The summed E-state index contributed by atoms with van der Waals surface area (Å²) in [5.74, 6) is -1.50. The quantitative estimate of drug-likeness (QED) is 0.613. The molecule has 0 aromatic heterocycles. The lowest BCUT2D eigenvalue weighted by molar-refractivity contribution is -0.146. The van der Waals surface area contributed by atoms with Crippen molar-refractivity contribution in [2.24, 2.45) is 11.8 Å². The van der Waals surface area contributed by atoms with Gasteiger partial charge in [-0.3, -0.25) is 19.3 Å². The van der Waals surface area contributed by atoms with E-state index in [-0.39, 0.29) is 49.0 Å². The van der Waals surface area contributed by atoms with Gasteiger partial charge in [-0.15, -0.1) is 0 Å². The maximum atomic E-state index is 12.8. The highest BCUT2D eigenvalue weighted by Gasteiger charge is 2.47. The van der Waals surface area contributed by atoms with E-state index in [1.807, 2.05) is 0 Å². The number of hydrogen-bond acceptors (Lipinski definition) is 4. The molecule has 0 spiro atoms. The molecule has 0 N–H and O–H groups in total. The van der Waals surface area contributed by atoms with Gasteiger partial charge in [0.05, 0.1) is 18.3 Å². The van der Waals surface area contributed by atoms with Gasteiger partial charge in [-0.25, -0.2) is 4.39 Å². The van der Waals surface area contributed by atoms with E-state index in [0.29, 0.717) is 5.56 Å². The highest BCUT2D eigenvalue weighted by atomic mass is 19.1. The fourth-order valence-electron chi connectivity index (χ4n) is 3.47. The van der Waals surface area contributed by atoms with Crippen LogP contribution in [0.25, 0.3) is 0 Å². The van der Waals surface area contributed by atoms with E-state index in [1.165, 1.54) is 17.0 Å². The normalized spacial score (nSPS) is 23.3. The van der Waals surface area contributed by atoms with Crippen molar-refractivity contribution in [3.8, 4) is 0 Å². The van der Waals surface area contributed by atoms with E-state index in [2.05, 4.69) is 0 Å². The largest absolute Gasteiger partial charge is 0.461 e. The Morgan fingerprint density at radius 3 is 2.25 bits per heavy atom. The first-order valence-electron chi connectivity index (χ1n) is 8.31. The van der Waals surface area contributed by atoms with Crippen molar-refractivity contribution in [1.29, 1.82) is 0 Å². The van der Waals surface area contributed by atoms with Gasteiger partial charge in [0.25, 0.3) is 0 Å². The number of hydrogen-bond donors (Lipinski definition) is 0. The Morgan fingerprint density at radius 2 is 1.67 bits per heavy atom. The zero-order chi connectivity index (χ0) is 17.1. The van der Waals surface area contributed by atoms with Crippen LogP contribution in [0.3, 0.4) is 0 Å². The van der Waals surface area contributed by atoms with Crippen LogP contribution in [0.4, 0.5) is 4.39 Å². The number of nitrogens with zero attached hydrogens (tertiary/aromatic N) is 1. The number of fused-ring (bicyclic) bond motifs is 1. The maximum Gasteiger partial charge on any atom is 0.307 e. The number of carbonyl (C=O) groups excluding carboxylic acids is 3. The zero-order valence-electron chi connectivity index (χ0n) is 13.4. The van der Waals surface area contributed by atoms with Gasteiger partial charge >= 0.3 is 5.97 Å². The van der Waals surface area contributed by atoms with Crippen molar-refractivity contribution in [1.82, 2.24) is 4.90 Å².